The molecule has 0 saturated carbocycles. The SMILES string of the molecule is CCC(=O)c1ccc(NC(C)C)cc1. The van der Waals surface area contributed by atoms with Gasteiger partial charge in [0.05, 0.1) is 0 Å². The summed E-state index contributed by atoms with van der Waals surface area (Å²) in [5, 5.41) is 3.28. The second-order valence-electron chi connectivity index (χ2n) is 3.65. The molecule has 0 fully saturated rings. The Morgan fingerprint density at radius 2 is 1.86 bits per heavy atom. The van der Waals surface area contributed by atoms with Crippen molar-refractivity contribution in [2.75, 3.05) is 5.32 Å². The van der Waals surface area contributed by atoms with E-state index in [1.165, 1.54) is 0 Å². The maximum atomic E-state index is 11.3. The molecule has 1 rings (SSSR count). The summed E-state index contributed by atoms with van der Waals surface area (Å²) >= 11 is 0. The summed E-state index contributed by atoms with van der Waals surface area (Å²) in [5.74, 6) is 0.195. The van der Waals surface area contributed by atoms with E-state index in [4.69, 9.17) is 0 Å². The van der Waals surface area contributed by atoms with Crippen LogP contribution in [-0.4, -0.2) is 11.8 Å². The monoisotopic (exact) mass is 191 g/mol. The topological polar surface area (TPSA) is 29.1 Å². The quantitative estimate of drug-likeness (QED) is 0.741. The van der Waals surface area contributed by atoms with E-state index in [-0.39, 0.29) is 5.78 Å². The summed E-state index contributed by atoms with van der Waals surface area (Å²) in [5.41, 5.74) is 1.86. The molecule has 0 spiro atoms. The number of nitrogens with one attached hydrogen (secondary N) is 1. The zero-order valence-corrected chi connectivity index (χ0v) is 9.00. The first-order chi connectivity index (χ1) is 6.63. The molecule has 2 heteroatoms. The molecule has 0 amide bonds. The van der Waals surface area contributed by atoms with Crippen molar-refractivity contribution in [3.05, 3.63) is 29.8 Å². The van der Waals surface area contributed by atoms with Gasteiger partial charge in [0, 0.05) is 23.7 Å². The molecule has 0 saturated heterocycles. The van der Waals surface area contributed by atoms with E-state index in [9.17, 15) is 4.79 Å². The van der Waals surface area contributed by atoms with E-state index in [0.29, 0.717) is 12.5 Å². The second kappa shape index (κ2) is 4.80. The van der Waals surface area contributed by atoms with Crippen molar-refractivity contribution in [2.24, 2.45) is 0 Å². The number of hydrogen-bond acceptors (Lipinski definition) is 2. The minimum Gasteiger partial charge on any atom is -0.383 e. The van der Waals surface area contributed by atoms with E-state index >= 15 is 0 Å². The molecular weight excluding hydrogens is 174 g/mol. The average Bonchev–Trinajstić information content (AvgIpc) is 2.17. The average molecular weight is 191 g/mol. The highest BCUT2D eigenvalue weighted by molar-refractivity contribution is 5.96. The van der Waals surface area contributed by atoms with Crippen molar-refractivity contribution in [3.8, 4) is 0 Å². The molecule has 1 aromatic carbocycles. The molecule has 2 nitrogen and oxygen atoms in total. The minimum absolute atomic E-state index is 0.195. The van der Waals surface area contributed by atoms with Crippen LogP contribution in [0, 0.1) is 0 Å². The van der Waals surface area contributed by atoms with Gasteiger partial charge in [0.2, 0.25) is 0 Å². The molecule has 0 aliphatic heterocycles. The third kappa shape index (κ3) is 2.87. The molecule has 0 bridgehead atoms. The minimum atomic E-state index is 0.195. The normalized spacial score (nSPS) is 10.3. The highest BCUT2D eigenvalue weighted by Crippen LogP contribution is 2.11. The summed E-state index contributed by atoms with van der Waals surface area (Å²) in [6.07, 6.45) is 0.566. The number of ketones is 1. The van der Waals surface area contributed by atoms with E-state index in [2.05, 4.69) is 19.2 Å². The molecule has 0 aliphatic rings. The predicted molar refractivity (Wildman–Crippen MR) is 59.8 cm³/mol. The molecule has 1 aromatic rings. The lowest BCUT2D eigenvalue weighted by atomic mass is 10.1. The zero-order chi connectivity index (χ0) is 10.6. The van der Waals surface area contributed by atoms with Gasteiger partial charge in [-0.25, -0.2) is 0 Å². The molecule has 14 heavy (non-hydrogen) atoms. The molecule has 0 atom stereocenters. The predicted octanol–water partition coefficient (Wildman–Crippen LogP) is 3.10. The summed E-state index contributed by atoms with van der Waals surface area (Å²) in [4.78, 5) is 11.3. The van der Waals surface area contributed by atoms with Crippen molar-refractivity contribution in [3.63, 3.8) is 0 Å². The van der Waals surface area contributed by atoms with Gasteiger partial charge in [-0.2, -0.15) is 0 Å². The Balaban J connectivity index is 2.73. The number of carbonyl (C=O) groups excluding carboxylic acids is 1. The molecule has 76 valence electrons. The third-order valence-electron chi connectivity index (χ3n) is 1.98. The Bertz CT molecular complexity index is 301. The number of Topliss-reactive ketones (excluding diaryl/α,β-unsaturated/α-hetero) is 1. The Hall–Kier alpha value is -1.31. The van der Waals surface area contributed by atoms with Gasteiger partial charge in [-0.3, -0.25) is 4.79 Å². The van der Waals surface area contributed by atoms with E-state index < -0.39 is 0 Å². The maximum Gasteiger partial charge on any atom is 0.162 e. The van der Waals surface area contributed by atoms with Gasteiger partial charge in [-0.15, -0.1) is 0 Å². The molecule has 0 heterocycles. The molecule has 0 aromatic heterocycles. The number of anilines is 1. The summed E-state index contributed by atoms with van der Waals surface area (Å²) in [6, 6.07) is 8.06. The molecule has 0 unspecified atom stereocenters. The molecule has 0 radical (unpaired) electrons. The lowest BCUT2D eigenvalue weighted by Crippen LogP contribution is -2.09. The van der Waals surface area contributed by atoms with Crippen molar-refractivity contribution in [1.82, 2.24) is 0 Å². The summed E-state index contributed by atoms with van der Waals surface area (Å²) in [6.45, 7) is 6.05. The number of benzene rings is 1. The van der Waals surface area contributed by atoms with Gasteiger partial charge in [-0.05, 0) is 38.1 Å². The standard InChI is InChI=1S/C12H17NO/c1-4-12(14)10-5-7-11(8-6-10)13-9(2)3/h5-9,13H,4H2,1-3H3. The van der Waals surface area contributed by atoms with Gasteiger partial charge in [-0.1, -0.05) is 6.92 Å². The Morgan fingerprint density at radius 1 is 1.29 bits per heavy atom. The fourth-order valence-corrected chi connectivity index (χ4v) is 1.29. The van der Waals surface area contributed by atoms with E-state index in [1.54, 1.807) is 0 Å². The molecule has 1 N–H and O–H groups in total. The lowest BCUT2D eigenvalue weighted by Gasteiger charge is -2.09. The first-order valence-electron chi connectivity index (χ1n) is 5.03. The molecular formula is C12H17NO. The van der Waals surface area contributed by atoms with Gasteiger partial charge in [0.1, 0.15) is 0 Å². The van der Waals surface area contributed by atoms with Crippen LogP contribution in [0.25, 0.3) is 0 Å². The first kappa shape index (κ1) is 10.8. The highest BCUT2D eigenvalue weighted by Gasteiger charge is 2.02. The number of carbonyl (C=O) groups is 1. The summed E-state index contributed by atoms with van der Waals surface area (Å²) in [7, 11) is 0. The Morgan fingerprint density at radius 3 is 2.29 bits per heavy atom. The van der Waals surface area contributed by atoms with Crippen LogP contribution in [0.1, 0.15) is 37.6 Å². The second-order valence-corrected chi connectivity index (χ2v) is 3.65. The Labute approximate surface area is 85.3 Å². The van der Waals surface area contributed by atoms with Crippen molar-refractivity contribution in [1.29, 1.82) is 0 Å². The highest BCUT2D eigenvalue weighted by atomic mass is 16.1. The van der Waals surface area contributed by atoms with Gasteiger partial charge < -0.3 is 5.32 Å². The fourth-order valence-electron chi connectivity index (χ4n) is 1.29. The smallest absolute Gasteiger partial charge is 0.162 e. The van der Waals surface area contributed by atoms with Crippen LogP contribution in [0.3, 0.4) is 0 Å². The van der Waals surface area contributed by atoms with Crippen molar-refractivity contribution in [2.45, 2.75) is 33.2 Å². The van der Waals surface area contributed by atoms with Crippen LogP contribution in [0.4, 0.5) is 5.69 Å². The lowest BCUT2D eigenvalue weighted by molar-refractivity contribution is 0.0988. The van der Waals surface area contributed by atoms with Crippen molar-refractivity contribution < 1.29 is 4.79 Å². The van der Waals surface area contributed by atoms with Crippen LogP contribution in [-0.2, 0) is 0 Å². The van der Waals surface area contributed by atoms with Crippen molar-refractivity contribution >= 4 is 11.5 Å². The maximum absolute atomic E-state index is 11.3. The fraction of sp³-hybridized carbons (Fsp3) is 0.417. The van der Waals surface area contributed by atoms with Crippen LogP contribution in [0.5, 0.6) is 0 Å². The van der Waals surface area contributed by atoms with E-state index in [0.717, 1.165) is 11.3 Å². The van der Waals surface area contributed by atoms with Gasteiger partial charge in [0.15, 0.2) is 5.78 Å². The van der Waals surface area contributed by atoms with Gasteiger partial charge >= 0.3 is 0 Å². The largest absolute Gasteiger partial charge is 0.383 e. The Kier molecular flexibility index (Phi) is 3.69. The summed E-state index contributed by atoms with van der Waals surface area (Å²) < 4.78 is 0. The molecule has 0 aliphatic carbocycles. The van der Waals surface area contributed by atoms with Crippen LogP contribution in [0.2, 0.25) is 0 Å². The number of hydrogen-bond donors (Lipinski definition) is 1. The van der Waals surface area contributed by atoms with E-state index in [1.807, 2.05) is 31.2 Å². The van der Waals surface area contributed by atoms with Crippen LogP contribution >= 0.6 is 0 Å². The number of rotatable bonds is 4. The van der Waals surface area contributed by atoms with Gasteiger partial charge in [0.25, 0.3) is 0 Å². The zero-order valence-electron chi connectivity index (χ0n) is 9.00. The van der Waals surface area contributed by atoms with Crippen LogP contribution in [0.15, 0.2) is 24.3 Å². The first-order valence-corrected chi connectivity index (χ1v) is 5.03. The third-order valence-corrected chi connectivity index (χ3v) is 1.98. The van der Waals surface area contributed by atoms with Crippen LogP contribution < -0.4 is 5.32 Å².